The van der Waals surface area contributed by atoms with Gasteiger partial charge in [0.25, 0.3) is 0 Å². The summed E-state index contributed by atoms with van der Waals surface area (Å²) in [5, 5.41) is 3.49. The quantitative estimate of drug-likeness (QED) is 0.942. The maximum Gasteiger partial charge on any atom is 0.228 e. The highest BCUT2D eigenvalue weighted by Gasteiger charge is 2.18. The number of nitrogens with one attached hydrogen (secondary N) is 1. The van der Waals surface area contributed by atoms with E-state index in [-0.39, 0.29) is 12.0 Å². The summed E-state index contributed by atoms with van der Waals surface area (Å²) in [7, 11) is 1.63. The van der Waals surface area contributed by atoms with Crippen LogP contribution in [-0.2, 0) is 9.53 Å². The molecule has 5 nitrogen and oxygen atoms in total. The smallest absolute Gasteiger partial charge is 0.228 e. The Kier molecular flexibility index (Phi) is 4.36. The molecule has 1 amide bonds. The fourth-order valence-corrected chi connectivity index (χ4v) is 3.34. The van der Waals surface area contributed by atoms with Gasteiger partial charge in [-0.05, 0) is 37.5 Å². The summed E-state index contributed by atoms with van der Waals surface area (Å²) in [6.07, 6.45) is 3.65. The largest absolute Gasteiger partial charge is 0.497 e. The first-order valence-corrected chi connectivity index (χ1v) is 7.92. The van der Waals surface area contributed by atoms with Crippen molar-refractivity contribution in [1.82, 2.24) is 4.98 Å². The molecule has 1 atom stereocenters. The summed E-state index contributed by atoms with van der Waals surface area (Å²) < 4.78 is 11.8. The number of amides is 1. The minimum absolute atomic E-state index is 0.0343. The van der Waals surface area contributed by atoms with Gasteiger partial charge < -0.3 is 14.8 Å². The fraction of sp³-hybridized carbons (Fsp3) is 0.467. The van der Waals surface area contributed by atoms with Crippen LogP contribution in [-0.4, -0.2) is 30.7 Å². The average molecular weight is 306 g/mol. The van der Waals surface area contributed by atoms with Crippen molar-refractivity contribution < 1.29 is 14.3 Å². The summed E-state index contributed by atoms with van der Waals surface area (Å²) in [6.45, 7) is 0.763. The molecule has 0 spiro atoms. The van der Waals surface area contributed by atoms with E-state index in [0.29, 0.717) is 11.6 Å². The number of thiazole rings is 1. The zero-order valence-corrected chi connectivity index (χ0v) is 12.7. The molecule has 0 bridgehead atoms. The first kappa shape index (κ1) is 14.3. The van der Waals surface area contributed by atoms with Crippen molar-refractivity contribution in [3.8, 4) is 5.75 Å². The number of carbonyl (C=O) groups excluding carboxylic acids is 1. The third-order valence-corrected chi connectivity index (χ3v) is 4.46. The van der Waals surface area contributed by atoms with Crippen molar-refractivity contribution in [2.24, 2.45) is 0 Å². The molecule has 0 aliphatic carbocycles. The van der Waals surface area contributed by atoms with Gasteiger partial charge in [-0.3, -0.25) is 4.79 Å². The highest BCUT2D eigenvalue weighted by atomic mass is 32.1. The minimum Gasteiger partial charge on any atom is -0.497 e. The SMILES string of the molecule is COc1ccc2nc(NC(=O)CC3CCCCO3)sc2c1. The van der Waals surface area contributed by atoms with Crippen LogP contribution in [0.25, 0.3) is 10.2 Å². The number of rotatable bonds is 4. The monoisotopic (exact) mass is 306 g/mol. The van der Waals surface area contributed by atoms with Crippen molar-refractivity contribution in [2.45, 2.75) is 31.8 Å². The molecule has 1 aliphatic heterocycles. The van der Waals surface area contributed by atoms with Crippen LogP contribution in [0.3, 0.4) is 0 Å². The van der Waals surface area contributed by atoms with E-state index in [0.717, 1.165) is 41.8 Å². The summed E-state index contributed by atoms with van der Waals surface area (Å²) in [5.41, 5.74) is 0.866. The van der Waals surface area contributed by atoms with Gasteiger partial charge in [-0.25, -0.2) is 4.98 Å². The van der Waals surface area contributed by atoms with Gasteiger partial charge in [-0.2, -0.15) is 0 Å². The minimum atomic E-state index is -0.0343. The van der Waals surface area contributed by atoms with Gasteiger partial charge in [0.15, 0.2) is 5.13 Å². The Labute approximate surface area is 127 Å². The molecular weight excluding hydrogens is 288 g/mol. The molecule has 3 rings (SSSR count). The molecule has 1 saturated heterocycles. The molecule has 0 saturated carbocycles. The average Bonchev–Trinajstić information content (AvgIpc) is 2.89. The van der Waals surface area contributed by atoms with Crippen LogP contribution < -0.4 is 10.1 Å². The van der Waals surface area contributed by atoms with Crippen LogP contribution in [0.5, 0.6) is 5.75 Å². The third kappa shape index (κ3) is 3.51. The Balaban J connectivity index is 1.65. The number of benzene rings is 1. The van der Waals surface area contributed by atoms with E-state index in [4.69, 9.17) is 9.47 Å². The number of ether oxygens (including phenoxy) is 2. The van der Waals surface area contributed by atoms with Crippen LogP contribution in [0.1, 0.15) is 25.7 Å². The number of hydrogen-bond donors (Lipinski definition) is 1. The molecule has 1 aromatic heterocycles. The van der Waals surface area contributed by atoms with Gasteiger partial charge in [0, 0.05) is 6.61 Å². The molecule has 1 unspecified atom stereocenters. The number of fused-ring (bicyclic) bond motifs is 1. The van der Waals surface area contributed by atoms with Crippen LogP contribution >= 0.6 is 11.3 Å². The summed E-state index contributed by atoms with van der Waals surface area (Å²) >= 11 is 1.45. The van der Waals surface area contributed by atoms with Crippen molar-refractivity contribution in [1.29, 1.82) is 0 Å². The van der Waals surface area contributed by atoms with Crippen LogP contribution in [0.15, 0.2) is 18.2 Å². The second kappa shape index (κ2) is 6.41. The molecule has 112 valence electrons. The maximum atomic E-state index is 12.0. The summed E-state index contributed by atoms with van der Waals surface area (Å²) in [6, 6.07) is 5.68. The van der Waals surface area contributed by atoms with E-state index in [1.165, 1.54) is 11.3 Å². The Morgan fingerprint density at radius 2 is 2.43 bits per heavy atom. The number of anilines is 1. The van der Waals surface area contributed by atoms with Crippen LogP contribution in [0.4, 0.5) is 5.13 Å². The lowest BCUT2D eigenvalue weighted by Crippen LogP contribution is -2.25. The molecular formula is C15H18N2O3S. The first-order chi connectivity index (χ1) is 10.2. The Hall–Kier alpha value is -1.66. The van der Waals surface area contributed by atoms with E-state index >= 15 is 0 Å². The van der Waals surface area contributed by atoms with Gasteiger partial charge in [0.05, 0.1) is 29.9 Å². The molecule has 1 aliphatic rings. The lowest BCUT2D eigenvalue weighted by molar-refractivity contribution is -0.119. The van der Waals surface area contributed by atoms with Gasteiger partial charge >= 0.3 is 0 Å². The van der Waals surface area contributed by atoms with E-state index < -0.39 is 0 Å². The maximum absolute atomic E-state index is 12.0. The number of nitrogens with zero attached hydrogens (tertiary/aromatic N) is 1. The molecule has 2 aromatic rings. The van der Waals surface area contributed by atoms with Crippen molar-refractivity contribution in [3.63, 3.8) is 0 Å². The standard InChI is InChI=1S/C15H18N2O3S/c1-19-10-5-6-12-13(8-10)21-15(16-12)17-14(18)9-11-4-2-3-7-20-11/h5-6,8,11H,2-4,7,9H2,1H3,(H,16,17,18). The van der Waals surface area contributed by atoms with Gasteiger partial charge in [0.1, 0.15) is 5.75 Å². The van der Waals surface area contributed by atoms with E-state index in [1.54, 1.807) is 7.11 Å². The van der Waals surface area contributed by atoms with E-state index in [1.807, 2.05) is 18.2 Å². The summed E-state index contributed by atoms with van der Waals surface area (Å²) in [4.78, 5) is 16.4. The number of aromatic nitrogens is 1. The highest BCUT2D eigenvalue weighted by Crippen LogP contribution is 2.29. The topological polar surface area (TPSA) is 60.5 Å². The number of carbonyl (C=O) groups is 1. The third-order valence-electron chi connectivity index (χ3n) is 3.53. The van der Waals surface area contributed by atoms with Crippen LogP contribution in [0.2, 0.25) is 0 Å². The predicted molar refractivity (Wildman–Crippen MR) is 83.0 cm³/mol. The molecule has 1 fully saturated rings. The normalized spacial score (nSPS) is 18.6. The zero-order valence-electron chi connectivity index (χ0n) is 11.9. The fourth-order valence-electron chi connectivity index (χ4n) is 2.43. The lowest BCUT2D eigenvalue weighted by Gasteiger charge is -2.21. The molecule has 1 aromatic carbocycles. The van der Waals surface area contributed by atoms with E-state index in [2.05, 4.69) is 10.3 Å². The van der Waals surface area contributed by atoms with Crippen molar-refractivity contribution in [2.75, 3.05) is 19.0 Å². The Morgan fingerprint density at radius 3 is 3.19 bits per heavy atom. The molecule has 2 heterocycles. The predicted octanol–water partition coefficient (Wildman–Crippen LogP) is 3.20. The zero-order chi connectivity index (χ0) is 14.7. The van der Waals surface area contributed by atoms with E-state index in [9.17, 15) is 4.79 Å². The second-order valence-electron chi connectivity index (χ2n) is 5.09. The summed E-state index contributed by atoms with van der Waals surface area (Å²) in [5.74, 6) is 0.757. The first-order valence-electron chi connectivity index (χ1n) is 7.10. The molecule has 1 N–H and O–H groups in total. The highest BCUT2D eigenvalue weighted by molar-refractivity contribution is 7.22. The van der Waals surface area contributed by atoms with Gasteiger partial charge in [0.2, 0.25) is 5.91 Å². The van der Waals surface area contributed by atoms with Crippen molar-refractivity contribution in [3.05, 3.63) is 18.2 Å². The van der Waals surface area contributed by atoms with Gasteiger partial charge in [-0.15, -0.1) is 0 Å². The Morgan fingerprint density at radius 1 is 1.52 bits per heavy atom. The second-order valence-corrected chi connectivity index (χ2v) is 6.12. The van der Waals surface area contributed by atoms with Gasteiger partial charge in [-0.1, -0.05) is 11.3 Å². The molecule has 0 radical (unpaired) electrons. The number of hydrogen-bond acceptors (Lipinski definition) is 5. The number of methoxy groups -OCH3 is 1. The Bertz CT molecular complexity index is 635. The van der Waals surface area contributed by atoms with Crippen LogP contribution in [0, 0.1) is 0 Å². The molecule has 6 heteroatoms. The van der Waals surface area contributed by atoms with Crippen molar-refractivity contribution >= 4 is 32.6 Å². The lowest BCUT2D eigenvalue weighted by atomic mass is 10.1. The molecule has 21 heavy (non-hydrogen) atoms.